The Bertz CT molecular complexity index is 468. The van der Waals surface area contributed by atoms with E-state index in [1.54, 1.807) is 11.8 Å². The lowest BCUT2D eigenvalue weighted by atomic mass is 9.91. The Morgan fingerprint density at radius 2 is 1.90 bits per heavy atom. The van der Waals surface area contributed by atoms with Crippen molar-refractivity contribution < 1.29 is 9.53 Å². The van der Waals surface area contributed by atoms with E-state index >= 15 is 0 Å². The largest absolute Gasteiger partial charge is 0.379 e. The van der Waals surface area contributed by atoms with E-state index in [0.29, 0.717) is 13.2 Å². The minimum atomic E-state index is -0.483. The lowest BCUT2D eigenvalue weighted by molar-refractivity contribution is -0.00430. The van der Waals surface area contributed by atoms with Crippen LogP contribution in [0.3, 0.4) is 0 Å². The first-order chi connectivity index (χ1) is 10.1. The Hall–Kier alpha value is -0.490. The number of morpholine rings is 1. The van der Waals surface area contributed by atoms with E-state index in [9.17, 15) is 4.79 Å². The van der Waals surface area contributed by atoms with Gasteiger partial charge in [-0.2, -0.15) is 12.6 Å². The van der Waals surface area contributed by atoms with Crippen LogP contribution in [-0.4, -0.2) is 54.0 Å². The van der Waals surface area contributed by atoms with Crippen LogP contribution >= 0.6 is 24.4 Å². The number of carbonyl (C=O) groups excluding carboxylic acids is 1. The minimum Gasteiger partial charge on any atom is -0.379 e. The zero-order valence-corrected chi connectivity index (χ0v) is 14.4. The number of ketones is 1. The quantitative estimate of drug-likeness (QED) is 0.495. The molecule has 1 saturated heterocycles. The van der Waals surface area contributed by atoms with Gasteiger partial charge in [0.2, 0.25) is 0 Å². The number of Topliss-reactive ketones (excluding diaryl/α,β-unsaturated/α-hetero) is 1. The Kier molecular flexibility index (Phi) is 6.17. The average Bonchev–Trinajstić information content (AvgIpc) is 2.53. The summed E-state index contributed by atoms with van der Waals surface area (Å²) in [5, 5.41) is 0. The number of ether oxygens (including phenoxy) is 1. The summed E-state index contributed by atoms with van der Waals surface area (Å²) in [7, 11) is 0. The summed E-state index contributed by atoms with van der Waals surface area (Å²) in [6, 6.07) is 7.92. The van der Waals surface area contributed by atoms with Crippen molar-refractivity contribution in [1.82, 2.24) is 4.90 Å². The molecule has 3 nitrogen and oxygen atoms in total. The minimum absolute atomic E-state index is 0.176. The fraction of sp³-hybridized carbons (Fsp3) is 0.562. The van der Waals surface area contributed by atoms with Gasteiger partial charge in [-0.05, 0) is 31.7 Å². The van der Waals surface area contributed by atoms with Gasteiger partial charge in [-0.15, -0.1) is 11.8 Å². The number of rotatable bonds is 6. The van der Waals surface area contributed by atoms with E-state index in [4.69, 9.17) is 4.74 Å². The molecule has 0 aliphatic carbocycles. The van der Waals surface area contributed by atoms with Crippen LogP contribution in [0.5, 0.6) is 0 Å². The maximum atomic E-state index is 12.8. The van der Waals surface area contributed by atoms with E-state index < -0.39 is 5.54 Å². The molecule has 1 aliphatic heterocycles. The molecule has 0 aromatic heterocycles. The summed E-state index contributed by atoms with van der Waals surface area (Å²) >= 11 is 5.97. The molecule has 0 amide bonds. The van der Waals surface area contributed by atoms with E-state index in [-0.39, 0.29) is 5.78 Å². The molecule has 0 unspecified atom stereocenters. The monoisotopic (exact) mass is 325 g/mol. The summed E-state index contributed by atoms with van der Waals surface area (Å²) in [5.41, 5.74) is 0.297. The molecule has 0 spiro atoms. The third-order valence-electron chi connectivity index (χ3n) is 3.83. The Morgan fingerprint density at radius 1 is 1.29 bits per heavy atom. The molecule has 1 aliphatic rings. The first kappa shape index (κ1) is 16.9. The van der Waals surface area contributed by atoms with E-state index in [1.807, 2.05) is 38.1 Å². The fourth-order valence-electron chi connectivity index (χ4n) is 2.49. The number of thiol groups is 1. The highest BCUT2D eigenvalue weighted by Crippen LogP contribution is 2.24. The van der Waals surface area contributed by atoms with E-state index in [0.717, 1.165) is 30.2 Å². The molecular weight excluding hydrogens is 302 g/mol. The summed E-state index contributed by atoms with van der Waals surface area (Å²) in [6.45, 7) is 7.05. The van der Waals surface area contributed by atoms with Gasteiger partial charge in [0.25, 0.3) is 0 Å². The average molecular weight is 325 g/mol. The van der Waals surface area contributed by atoms with Gasteiger partial charge >= 0.3 is 0 Å². The first-order valence-corrected chi connectivity index (χ1v) is 8.89. The Morgan fingerprint density at radius 3 is 2.48 bits per heavy atom. The van der Waals surface area contributed by atoms with Crippen molar-refractivity contribution in [3.05, 3.63) is 29.8 Å². The lowest BCUT2D eigenvalue weighted by Gasteiger charge is -2.39. The summed E-state index contributed by atoms with van der Waals surface area (Å²) in [6.07, 6.45) is 0. The molecule has 0 saturated carbocycles. The second-order valence-electron chi connectivity index (χ2n) is 5.58. The van der Waals surface area contributed by atoms with Crippen molar-refractivity contribution >= 4 is 30.2 Å². The van der Waals surface area contributed by atoms with Gasteiger partial charge in [0.15, 0.2) is 5.78 Å². The number of carbonyl (C=O) groups is 1. The number of nitrogens with zero attached hydrogens (tertiary/aromatic N) is 1. The predicted molar refractivity (Wildman–Crippen MR) is 91.8 cm³/mol. The Balaban J connectivity index is 2.07. The second-order valence-corrected chi connectivity index (χ2v) is 7.20. The van der Waals surface area contributed by atoms with Crippen LogP contribution in [0.1, 0.15) is 24.2 Å². The van der Waals surface area contributed by atoms with E-state index in [2.05, 4.69) is 17.5 Å². The van der Waals surface area contributed by atoms with Crippen molar-refractivity contribution in [3.8, 4) is 0 Å². The van der Waals surface area contributed by atoms with Crippen molar-refractivity contribution in [2.45, 2.75) is 24.3 Å². The molecule has 1 aromatic carbocycles. The molecule has 0 radical (unpaired) electrons. The topological polar surface area (TPSA) is 29.5 Å². The molecule has 0 N–H and O–H groups in total. The summed E-state index contributed by atoms with van der Waals surface area (Å²) in [4.78, 5) is 16.2. The molecular formula is C16H23NO2S2. The maximum absolute atomic E-state index is 12.8. The third kappa shape index (κ3) is 4.25. The first-order valence-electron chi connectivity index (χ1n) is 7.27. The van der Waals surface area contributed by atoms with Gasteiger partial charge in [0.05, 0.1) is 18.8 Å². The van der Waals surface area contributed by atoms with Crippen molar-refractivity contribution in [1.29, 1.82) is 0 Å². The molecule has 1 fully saturated rings. The molecule has 1 aromatic rings. The smallest absolute Gasteiger partial charge is 0.182 e. The number of thioether (sulfide) groups is 1. The highest BCUT2D eigenvalue weighted by molar-refractivity contribution is 8.00. The van der Waals surface area contributed by atoms with Crippen molar-refractivity contribution in [2.24, 2.45) is 0 Å². The van der Waals surface area contributed by atoms with Crippen LogP contribution < -0.4 is 0 Å². The second kappa shape index (κ2) is 7.68. The lowest BCUT2D eigenvalue weighted by Crippen LogP contribution is -2.54. The molecule has 0 bridgehead atoms. The van der Waals surface area contributed by atoms with Crippen molar-refractivity contribution in [2.75, 3.05) is 37.8 Å². The van der Waals surface area contributed by atoms with Crippen LogP contribution in [-0.2, 0) is 4.74 Å². The highest BCUT2D eigenvalue weighted by atomic mass is 32.2. The maximum Gasteiger partial charge on any atom is 0.182 e. The zero-order chi connectivity index (χ0) is 15.3. The molecule has 2 rings (SSSR count). The molecule has 116 valence electrons. The van der Waals surface area contributed by atoms with Gasteiger partial charge in [-0.1, -0.05) is 12.1 Å². The van der Waals surface area contributed by atoms with Crippen LogP contribution in [0, 0.1) is 0 Å². The normalized spacial score (nSPS) is 16.9. The highest BCUT2D eigenvalue weighted by Gasteiger charge is 2.35. The van der Waals surface area contributed by atoms with Crippen LogP contribution in [0.2, 0.25) is 0 Å². The van der Waals surface area contributed by atoms with Gasteiger partial charge in [0.1, 0.15) is 0 Å². The van der Waals surface area contributed by atoms with Crippen LogP contribution in [0.4, 0.5) is 0 Å². The van der Waals surface area contributed by atoms with Gasteiger partial charge in [0, 0.05) is 29.3 Å². The number of hydrogen-bond donors (Lipinski definition) is 1. The number of hydrogen-bond acceptors (Lipinski definition) is 5. The van der Waals surface area contributed by atoms with Crippen LogP contribution in [0.15, 0.2) is 29.2 Å². The molecule has 21 heavy (non-hydrogen) atoms. The molecule has 5 heteroatoms. The number of benzene rings is 1. The van der Waals surface area contributed by atoms with Gasteiger partial charge < -0.3 is 4.74 Å². The van der Waals surface area contributed by atoms with Gasteiger partial charge in [-0.3, -0.25) is 9.69 Å². The van der Waals surface area contributed by atoms with E-state index in [1.165, 1.54) is 4.90 Å². The summed E-state index contributed by atoms with van der Waals surface area (Å²) in [5.74, 6) is 2.01. The zero-order valence-electron chi connectivity index (χ0n) is 12.7. The fourth-order valence-corrected chi connectivity index (χ4v) is 3.41. The van der Waals surface area contributed by atoms with Crippen LogP contribution in [0.25, 0.3) is 0 Å². The third-order valence-corrected chi connectivity index (χ3v) is 5.37. The van der Waals surface area contributed by atoms with Gasteiger partial charge in [-0.25, -0.2) is 0 Å². The SMILES string of the molecule is CC(C)(C(=O)c1ccc(SCCS)cc1)N1CCOCC1. The Labute approximate surface area is 136 Å². The predicted octanol–water partition coefficient (Wildman–Crippen LogP) is 3.00. The van der Waals surface area contributed by atoms with Crippen molar-refractivity contribution in [3.63, 3.8) is 0 Å². The molecule has 0 atom stereocenters. The molecule has 1 heterocycles. The summed E-state index contributed by atoms with van der Waals surface area (Å²) < 4.78 is 5.37. The standard InChI is InChI=1S/C16H23NO2S2/c1-16(2,17-7-9-19-10-8-17)15(18)13-3-5-14(6-4-13)21-12-11-20/h3-6,20H,7-12H2,1-2H3.